The first-order chi connectivity index (χ1) is 10.2. The Morgan fingerprint density at radius 1 is 1.55 bits per heavy atom. The van der Waals surface area contributed by atoms with Gasteiger partial charge in [0.1, 0.15) is 5.60 Å². The van der Waals surface area contributed by atoms with E-state index < -0.39 is 23.7 Å². The average Bonchev–Trinajstić information content (AvgIpc) is 2.74. The maximum absolute atomic E-state index is 11.6. The lowest BCUT2D eigenvalue weighted by atomic mass is 9.78. The van der Waals surface area contributed by atoms with E-state index in [0.29, 0.717) is 16.6 Å². The highest BCUT2D eigenvalue weighted by atomic mass is 16.6. The van der Waals surface area contributed by atoms with E-state index in [-0.39, 0.29) is 18.8 Å². The molecule has 0 unspecified atom stereocenters. The van der Waals surface area contributed by atoms with Crippen molar-refractivity contribution < 1.29 is 24.1 Å². The summed E-state index contributed by atoms with van der Waals surface area (Å²) in [5.41, 5.74) is 0.546. The van der Waals surface area contributed by atoms with E-state index in [9.17, 15) is 19.9 Å². The number of rotatable bonds is 3. The Hall–Kier alpha value is -2.13. The zero-order valence-corrected chi connectivity index (χ0v) is 12.6. The van der Waals surface area contributed by atoms with Gasteiger partial charge >= 0.3 is 13.2 Å². The van der Waals surface area contributed by atoms with Crippen molar-refractivity contribution in [3.63, 3.8) is 0 Å². The summed E-state index contributed by atoms with van der Waals surface area (Å²) in [6, 6.07) is 2.83. The molecule has 0 saturated carbocycles. The van der Waals surface area contributed by atoms with Gasteiger partial charge < -0.3 is 19.7 Å². The van der Waals surface area contributed by atoms with Crippen LogP contribution in [0.2, 0.25) is 0 Å². The highest BCUT2D eigenvalue weighted by Crippen LogP contribution is 2.22. The quantitative estimate of drug-likeness (QED) is 0.486. The van der Waals surface area contributed by atoms with E-state index in [1.807, 2.05) is 0 Å². The molecule has 0 aromatic heterocycles. The molecule has 1 aliphatic rings. The van der Waals surface area contributed by atoms with Crippen LogP contribution in [0.3, 0.4) is 0 Å². The number of fused-ring (bicyclic) bond motifs is 1. The van der Waals surface area contributed by atoms with Gasteiger partial charge in [-0.2, -0.15) is 0 Å². The number of carbonyl (C=O) groups excluding carboxylic acids is 1. The number of nitrogens with zero attached hydrogens (tertiary/aromatic N) is 1. The minimum Gasteiger partial charge on any atom is -0.444 e. The Morgan fingerprint density at radius 2 is 2.23 bits per heavy atom. The molecule has 0 bridgehead atoms. The van der Waals surface area contributed by atoms with E-state index in [4.69, 9.17) is 9.39 Å². The molecule has 0 atom stereocenters. The fourth-order valence-corrected chi connectivity index (χ4v) is 2.11. The number of nitrogens with one attached hydrogen (secondary N) is 1. The molecular formula is C13H17BN2O6. The van der Waals surface area contributed by atoms with Gasteiger partial charge in [-0.1, -0.05) is 0 Å². The van der Waals surface area contributed by atoms with Crippen LogP contribution in [0, 0.1) is 10.1 Å². The monoisotopic (exact) mass is 308 g/mol. The van der Waals surface area contributed by atoms with E-state index >= 15 is 0 Å². The molecule has 0 saturated heterocycles. The molecule has 22 heavy (non-hydrogen) atoms. The van der Waals surface area contributed by atoms with Gasteiger partial charge in [0.25, 0.3) is 5.69 Å². The summed E-state index contributed by atoms with van der Waals surface area (Å²) in [5, 5.41) is 23.2. The fourth-order valence-electron chi connectivity index (χ4n) is 2.11. The number of nitro groups is 1. The second-order valence-electron chi connectivity index (χ2n) is 5.96. The maximum atomic E-state index is 11.6. The van der Waals surface area contributed by atoms with Crippen molar-refractivity contribution in [3.8, 4) is 0 Å². The van der Waals surface area contributed by atoms with E-state index in [1.165, 1.54) is 6.07 Å². The van der Waals surface area contributed by atoms with E-state index in [0.717, 1.165) is 0 Å². The number of ether oxygens (including phenoxy) is 1. The Kier molecular flexibility index (Phi) is 4.38. The molecule has 1 amide bonds. The standard InChI is InChI=1S/C13H17BN2O6/c1-13(2,3)22-12(17)15-6-8-4-9-7-21-14(18)10(9)5-11(8)16(19)20/h4-5,18H,6-7H2,1-3H3,(H,15,17). The van der Waals surface area contributed by atoms with Crippen LogP contribution in [0.15, 0.2) is 12.1 Å². The number of carbonyl (C=O) groups is 1. The van der Waals surface area contributed by atoms with Gasteiger partial charge in [0, 0.05) is 11.6 Å². The summed E-state index contributed by atoms with van der Waals surface area (Å²) >= 11 is 0. The van der Waals surface area contributed by atoms with E-state index in [1.54, 1.807) is 26.8 Å². The minimum absolute atomic E-state index is 0.0470. The Labute approximate surface area is 127 Å². The molecule has 8 nitrogen and oxygen atoms in total. The minimum atomic E-state index is -1.15. The Bertz CT molecular complexity index is 613. The molecule has 2 N–H and O–H groups in total. The van der Waals surface area contributed by atoms with Crippen molar-refractivity contribution in [2.75, 3.05) is 0 Å². The molecule has 1 aliphatic heterocycles. The van der Waals surface area contributed by atoms with Crippen molar-refractivity contribution in [3.05, 3.63) is 33.4 Å². The van der Waals surface area contributed by atoms with Crippen LogP contribution in [0.25, 0.3) is 0 Å². The van der Waals surface area contributed by atoms with Crippen LogP contribution in [-0.2, 0) is 22.5 Å². The smallest absolute Gasteiger partial charge is 0.444 e. The van der Waals surface area contributed by atoms with Crippen molar-refractivity contribution in [2.24, 2.45) is 0 Å². The summed E-state index contributed by atoms with van der Waals surface area (Å²) < 4.78 is 10.1. The predicted octanol–water partition coefficient (Wildman–Crippen LogP) is 0.837. The molecule has 0 fully saturated rings. The summed E-state index contributed by atoms with van der Waals surface area (Å²) in [4.78, 5) is 22.2. The van der Waals surface area contributed by atoms with Crippen LogP contribution < -0.4 is 10.8 Å². The van der Waals surface area contributed by atoms with Gasteiger partial charge in [0.05, 0.1) is 18.1 Å². The third-order valence-corrected chi connectivity index (χ3v) is 3.02. The molecule has 1 heterocycles. The number of alkyl carbamates (subject to hydrolysis) is 1. The lowest BCUT2D eigenvalue weighted by Gasteiger charge is -2.19. The zero-order chi connectivity index (χ0) is 16.5. The third kappa shape index (κ3) is 3.74. The highest BCUT2D eigenvalue weighted by Gasteiger charge is 2.31. The van der Waals surface area contributed by atoms with Crippen LogP contribution in [0.5, 0.6) is 0 Å². The Balaban J connectivity index is 2.17. The predicted molar refractivity (Wildman–Crippen MR) is 78.6 cm³/mol. The fraction of sp³-hybridized carbons (Fsp3) is 0.462. The molecular weight excluding hydrogens is 291 g/mol. The number of nitro benzene ring substituents is 1. The topological polar surface area (TPSA) is 111 Å². The van der Waals surface area contributed by atoms with Crippen LogP contribution in [0.4, 0.5) is 10.5 Å². The van der Waals surface area contributed by atoms with Crippen molar-refractivity contribution >= 4 is 24.4 Å². The van der Waals surface area contributed by atoms with Gasteiger partial charge in [0.15, 0.2) is 0 Å². The van der Waals surface area contributed by atoms with E-state index in [2.05, 4.69) is 5.32 Å². The second kappa shape index (κ2) is 5.94. The molecule has 1 aromatic rings. The van der Waals surface area contributed by atoms with Gasteiger partial charge in [-0.05, 0) is 37.9 Å². The number of benzene rings is 1. The lowest BCUT2D eigenvalue weighted by Crippen LogP contribution is -2.32. The molecule has 0 radical (unpaired) electrons. The first kappa shape index (κ1) is 16.2. The van der Waals surface area contributed by atoms with Crippen LogP contribution in [0.1, 0.15) is 31.9 Å². The molecule has 1 aromatic carbocycles. The zero-order valence-electron chi connectivity index (χ0n) is 12.6. The largest absolute Gasteiger partial charge is 0.492 e. The average molecular weight is 308 g/mol. The SMILES string of the molecule is CC(C)(C)OC(=O)NCc1cc2c(cc1[N+](=O)[O-])B(O)OC2. The van der Waals surface area contributed by atoms with Crippen molar-refractivity contribution in [2.45, 2.75) is 39.5 Å². The van der Waals surface area contributed by atoms with Gasteiger partial charge in [-0.15, -0.1) is 0 Å². The molecule has 118 valence electrons. The first-order valence-electron chi connectivity index (χ1n) is 6.74. The van der Waals surface area contributed by atoms with Gasteiger partial charge in [-0.25, -0.2) is 4.79 Å². The summed E-state index contributed by atoms with van der Waals surface area (Å²) in [6.45, 7) is 5.30. The number of amides is 1. The van der Waals surface area contributed by atoms with Crippen LogP contribution in [-0.4, -0.2) is 28.8 Å². The molecule has 2 rings (SSSR count). The molecule has 0 aliphatic carbocycles. The highest BCUT2D eigenvalue weighted by molar-refractivity contribution is 6.61. The Morgan fingerprint density at radius 3 is 2.82 bits per heavy atom. The number of hydrogen-bond donors (Lipinski definition) is 2. The first-order valence-corrected chi connectivity index (χ1v) is 6.74. The maximum Gasteiger partial charge on any atom is 0.492 e. The second-order valence-corrected chi connectivity index (χ2v) is 5.96. The van der Waals surface area contributed by atoms with Crippen molar-refractivity contribution in [1.82, 2.24) is 5.32 Å². The van der Waals surface area contributed by atoms with Gasteiger partial charge in [0.2, 0.25) is 0 Å². The van der Waals surface area contributed by atoms with Gasteiger partial charge in [-0.3, -0.25) is 10.1 Å². The molecule has 9 heteroatoms. The summed E-state index contributed by atoms with van der Waals surface area (Å²) in [7, 11) is -1.15. The molecule has 0 spiro atoms. The summed E-state index contributed by atoms with van der Waals surface area (Å²) in [5.74, 6) is 0. The van der Waals surface area contributed by atoms with Crippen LogP contribution >= 0.6 is 0 Å². The lowest BCUT2D eigenvalue weighted by molar-refractivity contribution is -0.385. The number of hydrogen-bond acceptors (Lipinski definition) is 6. The normalized spacial score (nSPS) is 13.7. The third-order valence-electron chi connectivity index (χ3n) is 3.02. The summed E-state index contributed by atoms with van der Waals surface area (Å²) in [6.07, 6.45) is -0.654. The van der Waals surface area contributed by atoms with Crippen molar-refractivity contribution in [1.29, 1.82) is 0 Å².